The van der Waals surface area contributed by atoms with Crippen LogP contribution in [0, 0.1) is 11.6 Å². The number of nitrogens with zero attached hydrogens (tertiary/aromatic N) is 1. The third-order valence-corrected chi connectivity index (χ3v) is 3.37. The highest BCUT2D eigenvalue weighted by Gasteiger charge is 2.29. The largest absolute Gasteiger partial charge is 0.323 e. The zero-order valence-electron chi connectivity index (χ0n) is 10.7. The average Bonchev–Trinajstić information content (AvgIpc) is 3.11. The third kappa shape index (κ3) is 3.27. The van der Waals surface area contributed by atoms with Gasteiger partial charge in [-0.1, -0.05) is 13.0 Å². The van der Waals surface area contributed by atoms with Gasteiger partial charge in [0.15, 0.2) is 0 Å². The van der Waals surface area contributed by atoms with Gasteiger partial charge in [-0.3, -0.25) is 4.90 Å². The molecule has 2 N–H and O–H groups in total. The molecular formula is C14H20F2N2. The van der Waals surface area contributed by atoms with Crippen molar-refractivity contribution in [2.75, 3.05) is 13.1 Å². The van der Waals surface area contributed by atoms with Gasteiger partial charge in [-0.25, -0.2) is 8.78 Å². The smallest absolute Gasteiger partial charge is 0.130 e. The van der Waals surface area contributed by atoms with Gasteiger partial charge in [0.1, 0.15) is 11.6 Å². The maximum Gasteiger partial charge on any atom is 0.130 e. The fraction of sp³-hybridized carbons (Fsp3) is 0.571. The molecule has 1 aromatic rings. The lowest BCUT2D eigenvalue weighted by molar-refractivity contribution is 0.246. The highest BCUT2D eigenvalue weighted by atomic mass is 19.1. The van der Waals surface area contributed by atoms with Crippen LogP contribution in [0.4, 0.5) is 8.78 Å². The van der Waals surface area contributed by atoms with E-state index in [1.807, 2.05) is 0 Å². The summed E-state index contributed by atoms with van der Waals surface area (Å²) in [5.41, 5.74) is 6.44. The van der Waals surface area contributed by atoms with E-state index in [0.717, 1.165) is 19.0 Å². The predicted molar refractivity (Wildman–Crippen MR) is 68.2 cm³/mol. The van der Waals surface area contributed by atoms with Gasteiger partial charge in [-0.05, 0) is 31.9 Å². The topological polar surface area (TPSA) is 29.3 Å². The van der Waals surface area contributed by atoms with E-state index in [4.69, 9.17) is 5.73 Å². The zero-order valence-corrected chi connectivity index (χ0v) is 10.7. The molecule has 1 saturated carbocycles. The van der Waals surface area contributed by atoms with E-state index in [2.05, 4.69) is 11.8 Å². The van der Waals surface area contributed by atoms with E-state index >= 15 is 0 Å². The van der Waals surface area contributed by atoms with Crippen molar-refractivity contribution < 1.29 is 8.78 Å². The lowest BCUT2D eigenvalue weighted by Crippen LogP contribution is -2.34. The molecule has 0 bridgehead atoms. The first kappa shape index (κ1) is 13.4. The maximum absolute atomic E-state index is 13.6. The van der Waals surface area contributed by atoms with Gasteiger partial charge < -0.3 is 5.73 Å². The molecule has 100 valence electrons. The second-order valence-corrected chi connectivity index (χ2v) is 5.00. The Labute approximate surface area is 107 Å². The molecule has 1 aromatic carbocycles. The molecule has 1 aliphatic carbocycles. The monoisotopic (exact) mass is 254 g/mol. The number of nitrogens with two attached hydrogens (primary N) is 1. The Bertz CT molecular complexity index is 405. The number of hydrogen-bond donors (Lipinski definition) is 1. The molecule has 2 nitrogen and oxygen atoms in total. The van der Waals surface area contributed by atoms with Crippen molar-refractivity contribution in [2.24, 2.45) is 5.73 Å². The summed E-state index contributed by atoms with van der Waals surface area (Å²) in [4.78, 5) is 2.31. The van der Waals surface area contributed by atoms with Gasteiger partial charge in [0.2, 0.25) is 0 Å². The fourth-order valence-electron chi connectivity index (χ4n) is 2.30. The molecule has 1 fully saturated rings. The van der Waals surface area contributed by atoms with Crippen molar-refractivity contribution in [1.29, 1.82) is 0 Å². The summed E-state index contributed by atoms with van der Waals surface area (Å²) in [7, 11) is 0. The van der Waals surface area contributed by atoms with Gasteiger partial charge in [-0.2, -0.15) is 0 Å². The molecule has 0 spiro atoms. The molecule has 1 aliphatic rings. The fourth-order valence-corrected chi connectivity index (χ4v) is 2.30. The Hall–Kier alpha value is -1.00. The average molecular weight is 254 g/mol. The normalized spacial score (nSPS) is 17.2. The minimum absolute atomic E-state index is 0.391. The standard InChI is InChI=1S/C14H20F2N2/c1-2-7-18(11-4-5-11)9-14(17)12-6-3-10(15)8-13(12)16/h3,6,8,11,14H,2,4-5,7,9,17H2,1H3. The molecule has 1 atom stereocenters. The third-order valence-electron chi connectivity index (χ3n) is 3.37. The summed E-state index contributed by atoms with van der Waals surface area (Å²) >= 11 is 0. The van der Waals surface area contributed by atoms with Gasteiger partial charge in [-0.15, -0.1) is 0 Å². The first-order chi connectivity index (χ1) is 8.61. The quantitative estimate of drug-likeness (QED) is 0.845. The van der Waals surface area contributed by atoms with Crippen LogP contribution < -0.4 is 5.73 Å². The lowest BCUT2D eigenvalue weighted by Gasteiger charge is -2.25. The predicted octanol–water partition coefficient (Wildman–Crippen LogP) is 2.84. The molecular weight excluding hydrogens is 234 g/mol. The van der Waals surface area contributed by atoms with Crippen LogP contribution in [0.25, 0.3) is 0 Å². The maximum atomic E-state index is 13.6. The van der Waals surface area contributed by atoms with Crippen molar-refractivity contribution in [3.63, 3.8) is 0 Å². The van der Waals surface area contributed by atoms with Crippen molar-refractivity contribution >= 4 is 0 Å². The molecule has 4 heteroatoms. The van der Waals surface area contributed by atoms with Crippen molar-refractivity contribution in [2.45, 2.75) is 38.3 Å². The van der Waals surface area contributed by atoms with Crippen molar-refractivity contribution in [1.82, 2.24) is 4.90 Å². The first-order valence-electron chi connectivity index (χ1n) is 6.56. The summed E-state index contributed by atoms with van der Waals surface area (Å²) in [5.74, 6) is -1.11. The van der Waals surface area contributed by atoms with Gasteiger partial charge in [0.25, 0.3) is 0 Å². The molecule has 0 aromatic heterocycles. The van der Waals surface area contributed by atoms with Crippen LogP contribution in [0.2, 0.25) is 0 Å². The van der Waals surface area contributed by atoms with Crippen LogP contribution in [0.3, 0.4) is 0 Å². The highest BCUT2D eigenvalue weighted by Crippen LogP contribution is 2.28. The Morgan fingerprint density at radius 1 is 1.39 bits per heavy atom. The van der Waals surface area contributed by atoms with E-state index in [-0.39, 0.29) is 0 Å². The molecule has 18 heavy (non-hydrogen) atoms. The second kappa shape index (κ2) is 5.76. The van der Waals surface area contributed by atoms with E-state index < -0.39 is 17.7 Å². The lowest BCUT2D eigenvalue weighted by atomic mass is 10.1. The van der Waals surface area contributed by atoms with Crippen LogP contribution in [0.1, 0.15) is 37.8 Å². The van der Waals surface area contributed by atoms with E-state index in [9.17, 15) is 8.78 Å². The Morgan fingerprint density at radius 2 is 2.11 bits per heavy atom. The summed E-state index contributed by atoms with van der Waals surface area (Å²) in [6.45, 7) is 3.75. The highest BCUT2D eigenvalue weighted by molar-refractivity contribution is 5.22. The molecule has 0 radical (unpaired) electrons. The van der Waals surface area contributed by atoms with Crippen LogP contribution in [-0.4, -0.2) is 24.0 Å². The molecule has 0 amide bonds. The molecule has 0 heterocycles. The Morgan fingerprint density at radius 3 is 2.67 bits per heavy atom. The van der Waals surface area contributed by atoms with Crippen LogP contribution in [-0.2, 0) is 0 Å². The summed E-state index contributed by atoms with van der Waals surface area (Å²) in [5, 5.41) is 0. The van der Waals surface area contributed by atoms with Crippen molar-refractivity contribution in [3.8, 4) is 0 Å². The minimum Gasteiger partial charge on any atom is -0.323 e. The molecule has 0 saturated heterocycles. The summed E-state index contributed by atoms with van der Waals surface area (Å²) in [6, 6.07) is 3.83. The van der Waals surface area contributed by atoms with E-state index in [1.165, 1.54) is 25.0 Å². The number of hydrogen-bond acceptors (Lipinski definition) is 2. The van der Waals surface area contributed by atoms with E-state index in [1.54, 1.807) is 0 Å². The zero-order chi connectivity index (χ0) is 13.1. The number of rotatable bonds is 6. The molecule has 1 unspecified atom stereocenters. The Balaban J connectivity index is 2.03. The number of benzene rings is 1. The summed E-state index contributed by atoms with van der Waals surface area (Å²) < 4.78 is 26.5. The SMILES string of the molecule is CCCN(CC(N)c1ccc(F)cc1F)C1CC1. The van der Waals surface area contributed by atoms with Crippen LogP contribution >= 0.6 is 0 Å². The van der Waals surface area contributed by atoms with Crippen LogP contribution in [0.5, 0.6) is 0 Å². The minimum atomic E-state index is -0.559. The van der Waals surface area contributed by atoms with Gasteiger partial charge >= 0.3 is 0 Å². The van der Waals surface area contributed by atoms with E-state index in [0.29, 0.717) is 18.2 Å². The first-order valence-corrected chi connectivity index (χ1v) is 6.56. The van der Waals surface area contributed by atoms with Crippen molar-refractivity contribution in [3.05, 3.63) is 35.4 Å². The Kier molecular flexibility index (Phi) is 4.30. The number of halogens is 2. The van der Waals surface area contributed by atoms with Gasteiger partial charge in [0.05, 0.1) is 0 Å². The molecule has 2 rings (SSSR count). The van der Waals surface area contributed by atoms with Crippen LogP contribution in [0.15, 0.2) is 18.2 Å². The van der Waals surface area contributed by atoms with Gasteiger partial charge in [0, 0.05) is 30.3 Å². The second-order valence-electron chi connectivity index (χ2n) is 5.00. The summed E-state index contributed by atoms with van der Waals surface area (Å²) in [6.07, 6.45) is 3.48. The molecule has 0 aliphatic heterocycles.